The van der Waals surface area contributed by atoms with Crippen LogP contribution in [0.4, 0.5) is 4.79 Å². The summed E-state index contributed by atoms with van der Waals surface area (Å²) in [5.74, 6) is 7.18. The largest absolute Gasteiger partial charge is 0.497 e. The Morgan fingerprint density at radius 1 is 0.811 bits per heavy atom. The number of carbonyl (C=O) groups excluding carboxylic acids is 1. The van der Waals surface area contributed by atoms with E-state index in [0.717, 1.165) is 42.6 Å². The van der Waals surface area contributed by atoms with E-state index in [-0.39, 0.29) is 12.4 Å². The Morgan fingerprint density at radius 3 is 1.84 bits per heavy atom. The number of hydrogen-bond donors (Lipinski definition) is 3. The van der Waals surface area contributed by atoms with Crippen LogP contribution in [-0.4, -0.2) is 39.1 Å². The molecule has 0 unspecified atom stereocenters. The van der Waals surface area contributed by atoms with Gasteiger partial charge < -0.3 is 24.1 Å². The van der Waals surface area contributed by atoms with E-state index < -0.39 is 11.7 Å². The van der Waals surface area contributed by atoms with Crippen molar-refractivity contribution < 1.29 is 28.8 Å². The van der Waals surface area contributed by atoms with Crippen LogP contribution in [0.3, 0.4) is 0 Å². The minimum Gasteiger partial charge on any atom is -0.497 e. The standard InChI is InChI=1S/C28H34N2O6.ClH/c1-33-24-13-8-21(9-14-24)28(32,22-10-15-25(34-2)16-11-22)23-12-17-26(35-3)20(19-23)7-5-4-6-18-36-27(31)30-29;/h8-17,19,32H,4-7,18,29H2,1-3H3,(H,30,31);1H. The van der Waals surface area contributed by atoms with Crippen LogP contribution in [0.2, 0.25) is 0 Å². The number of halogens is 1. The fourth-order valence-electron chi connectivity index (χ4n) is 4.16. The zero-order chi connectivity index (χ0) is 26.0. The highest BCUT2D eigenvalue weighted by molar-refractivity contribution is 5.85. The Kier molecular flexibility index (Phi) is 11.5. The minimum atomic E-state index is -1.41. The van der Waals surface area contributed by atoms with Gasteiger partial charge in [-0.3, -0.25) is 5.43 Å². The molecule has 0 saturated heterocycles. The first-order valence-electron chi connectivity index (χ1n) is 11.8. The first-order chi connectivity index (χ1) is 17.5. The van der Waals surface area contributed by atoms with E-state index in [9.17, 15) is 9.90 Å². The summed E-state index contributed by atoms with van der Waals surface area (Å²) in [4.78, 5) is 11.1. The van der Waals surface area contributed by atoms with Gasteiger partial charge in [0.25, 0.3) is 0 Å². The maximum absolute atomic E-state index is 12.3. The number of hydrazine groups is 1. The van der Waals surface area contributed by atoms with Gasteiger partial charge in [0.1, 0.15) is 22.8 Å². The van der Waals surface area contributed by atoms with Crippen molar-refractivity contribution in [2.24, 2.45) is 5.84 Å². The van der Waals surface area contributed by atoms with Gasteiger partial charge in [0.05, 0.1) is 27.9 Å². The van der Waals surface area contributed by atoms with Gasteiger partial charge in [-0.25, -0.2) is 10.6 Å². The van der Waals surface area contributed by atoms with Crippen molar-refractivity contribution in [1.29, 1.82) is 0 Å². The molecule has 0 aliphatic heterocycles. The van der Waals surface area contributed by atoms with Gasteiger partial charge in [0.15, 0.2) is 0 Å². The molecule has 4 N–H and O–H groups in total. The number of unbranched alkanes of at least 4 members (excludes halogenated alkanes) is 2. The second-order valence-electron chi connectivity index (χ2n) is 8.28. The van der Waals surface area contributed by atoms with E-state index in [4.69, 9.17) is 24.8 Å². The first kappa shape index (κ1) is 29.8. The van der Waals surface area contributed by atoms with E-state index in [1.165, 1.54) is 0 Å². The highest BCUT2D eigenvalue weighted by atomic mass is 35.5. The number of rotatable bonds is 12. The molecule has 0 aromatic heterocycles. The molecule has 0 fully saturated rings. The Balaban J connectivity index is 0.00000481. The van der Waals surface area contributed by atoms with E-state index >= 15 is 0 Å². The summed E-state index contributed by atoms with van der Waals surface area (Å²) < 4.78 is 21.2. The number of benzene rings is 3. The van der Waals surface area contributed by atoms with Gasteiger partial charge in [-0.15, -0.1) is 12.4 Å². The van der Waals surface area contributed by atoms with Crippen molar-refractivity contribution in [1.82, 2.24) is 5.43 Å². The number of hydrogen-bond acceptors (Lipinski definition) is 7. The summed E-state index contributed by atoms with van der Waals surface area (Å²) in [5, 5.41) is 12.3. The molecule has 0 bridgehead atoms. The molecular weight excluding hydrogens is 496 g/mol. The van der Waals surface area contributed by atoms with Gasteiger partial charge in [-0.1, -0.05) is 30.3 Å². The third kappa shape index (κ3) is 7.29. The van der Waals surface area contributed by atoms with E-state index in [1.807, 2.05) is 72.2 Å². The number of aliphatic hydroxyl groups is 1. The van der Waals surface area contributed by atoms with E-state index in [0.29, 0.717) is 29.2 Å². The Bertz CT molecular complexity index is 1080. The highest BCUT2D eigenvalue weighted by Gasteiger charge is 2.34. The third-order valence-electron chi connectivity index (χ3n) is 6.16. The molecule has 3 aromatic carbocycles. The van der Waals surface area contributed by atoms with Crippen LogP contribution in [0.5, 0.6) is 17.2 Å². The fraction of sp³-hybridized carbons (Fsp3) is 0.321. The lowest BCUT2D eigenvalue weighted by Gasteiger charge is -2.31. The Morgan fingerprint density at radius 2 is 1.35 bits per heavy atom. The van der Waals surface area contributed by atoms with E-state index in [2.05, 4.69) is 0 Å². The van der Waals surface area contributed by atoms with Crippen molar-refractivity contribution in [3.05, 3.63) is 89.0 Å². The molecule has 1 amide bonds. The lowest BCUT2D eigenvalue weighted by molar-refractivity contribution is 0.125. The molecule has 37 heavy (non-hydrogen) atoms. The van der Waals surface area contributed by atoms with Crippen LogP contribution in [-0.2, 0) is 16.8 Å². The normalized spacial score (nSPS) is 10.7. The number of amides is 1. The zero-order valence-electron chi connectivity index (χ0n) is 21.4. The van der Waals surface area contributed by atoms with Crippen LogP contribution >= 0.6 is 12.4 Å². The number of carbonyl (C=O) groups is 1. The van der Waals surface area contributed by atoms with E-state index in [1.54, 1.807) is 21.3 Å². The quantitative estimate of drug-likeness (QED) is 0.102. The van der Waals surface area contributed by atoms with Crippen LogP contribution < -0.4 is 25.5 Å². The number of nitrogens with two attached hydrogens (primary N) is 1. The van der Waals surface area contributed by atoms with Crippen LogP contribution in [0.15, 0.2) is 66.7 Å². The smallest absolute Gasteiger partial charge is 0.421 e. The fourth-order valence-corrected chi connectivity index (χ4v) is 4.16. The van der Waals surface area contributed by atoms with Gasteiger partial charge >= 0.3 is 6.09 Å². The predicted molar refractivity (Wildman–Crippen MR) is 145 cm³/mol. The van der Waals surface area contributed by atoms with Crippen LogP contribution in [0, 0.1) is 0 Å². The van der Waals surface area contributed by atoms with Crippen molar-refractivity contribution in [3.8, 4) is 17.2 Å². The maximum atomic E-state index is 12.3. The monoisotopic (exact) mass is 530 g/mol. The van der Waals surface area contributed by atoms with Crippen molar-refractivity contribution in [3.63, 3.8) is 0 Å². The zero-order valence-corrected chi connectivity index (χ0v) is 22.2. The average Bonchev–Trinajstić information content (AvgIpc) is 2.94. The summed E-state index contributed by atoms with van der Waals surface area (Å²) in [5.41, 5.74) is 3.65. The third-order valence-corrected chi connectivity index (χ3v) is 6.16. The topological polar surface area (TPSA) is 112 Å². The lowest BCUT2D eigenvalue weighted by atomic mass is 9.79. The number of methoxy groups -OCH3 is 3. The molecule has 0 spiro atoms. The number of nitrogens with one attached hydrogen (secondary N) is 1. The number of ether oxygens (including phenoxy) is 4. The van der Waals surface area contributed by atoms with Crippen molar-refractivity contribution in [2.45, 2.75) is 31.3 Å². The summed E-state index contributed by atoms with van der Waals surface area (Å²) in [6.07, 6.45) is 2.53. The summed E-state index contributed by atoms with van der Waals surface area (Å²) in [6.45, 7) is 0.300. The van der Waals surface area contributed by atoms with Crippen molar-refractivity contribution >= 4 is 18.5 Å². The van der Waals surface area contributed by atoms with Crippen LogP contribution in [0.1, 0.15) is 41.5 Å². The molecule has 0 saturated carbocycles. The van der Waals surface area contributed by atoms with Gasteiger partial charge in [0, 0.05) is 0 Å². The Labute approximate surface area is 224 Å². The molecule has 0 atom stereocenters. The minimum absolute atomic E-state index is 0. The summed E-state index contributed by atoms with van der Waals surface area (Å²) in [6, 6.07) is 20.6. The molecule has 8 nitrogen and oxygen atoms in total. The maximum Gasteiger partial charge on any atom is 0.421 e. The second-order valence-corrected chi connectivity index (χ2v) is 8.28. The van der Waals surface area contributed by atoms with Crippen molar-refractivity contribution in [2.75, 3.05) is 27.9 Å². The van der Waals surface area contributed by atoms with Gasteiger partial charge in [0.2, 0.25) is 0 Å². The number of aryl methyl sites for hydroxylation is 1. The highest BCUT2D eigenvalue weighted by Crippen LogP contribution is 2.39. The molecule has 0 heterocycles. The molecule has 3 aromatic rings. The summed E-state index contributed by atoms with van der Waals surface area (Å²) >= 11 is 0. The molecule has 0 radical (unpaired) electrons. The average molecular weight is 531 g/mol. The molecule has 0 aliphatic rings. The summed E-state index contributed by atoms with van der Waals surface area (Å²) in [7, 11) is 4.86. The Hall–Kier alpha value is -3.46. The molecular formula is C28H35ClN2O6. The molecule has 200 valence electrons. The molecule has 3 rings (SSSR count). The predicted octanol–water partition coefficient (Wildman–Crippen LogP) is 4.73. The second kappa shape index (κ2) is 14.3. The molecule has 9 heteroatoms. The first-order valence-corrected chi connectivity index (χ1v) is 11.8. The SMILES string of the molecule is COc1ccc(C(O)(c2ccc(OC)cc2)c2ccc(OC)c(CCCCCOC(=O)NN)c2)cc1.Cl. The molecule has 0 aliphatic carbocycles. The van der Waals surface area contributed by atoms with Crippen LogP contribution in [0.25, 0.3) is 0 Å². The van der Waals surface area contributed by atoms with Gasteiger partial charge in [-0.2, -0.15) is 0 Å². The van der Waals surface area contributed by atoms with Gasteiger partial charge in [-0.05, 0) is 84.3 Å². The lowest BCUT2D eigenvalue weighted by Crippen LogP contribution is -2.30.